The van der Waals surface area contributed by atoms with E-state index in [1.165, 1.54) is 56.3 Å². The van der Waals surface area contributed by atoms with Gasteiger partial charge in [-0.2, -0.15) is 0 Å². The molecular weight excluding hydrogens is 682 g/mol. The van der Waals surface area contributed by atoms with Crippen LogP contribution in [0.5, 0.6) is 0 Å². The van der Waals surface area contributed by atoms with Crippen molar-refractivity contribution in [1.82, 2.24) is 0 Å². The van der Waals surface area contributed by atoms with E-state index < -0.39 is 23.1 Å². The normalized spacial score (nSPS) is 27.9. The summed E-state index contributed by atoms with van der Waals surface area (Å²) in [5.41, 5.74) is 5.07. The molecule has 0 N–H and O–H groups in total. The first-order valence-corrected chi connectivity index (χ1v) is 18.1. The molecule has 3 aliphatic heterocycles. The van der Waals surface area contributed by atoms with Crippen molar-refractivity contribution >= 4 is 40.6 Å². The zero-order chi connectivity index (χ0) is 31.2. The molecule has 11 heteroatoms. The minimum absolute atomic E-state index is 0. The molecule has 2 saturated heterocycles. The monoisotopic (exact) mass is 727 g/mol. The summed E-state index contributed by atoms with van der Waals surface area (Å²) >= 11 is 0. The smallest absolute Gasteiger partial charge is 0.418 e. The third-order valence-electron chi connectivity index (χ3n) is 8.25. The van der Waals surface area contributed by atoms with Gasteiger partial charge in [-0.15, -0.1) is 0 Å². The van der Waals surface area contributed by atoms with Crippen LogP contribution in [-0.4, -0.2) is 41.7 Å². The Bertz CT molecular complexity index is 1100. The Morgan fingerprint density at radius 1 is 0.628 bits per heavy atom. The second-order valence-corrected chi connectivity index (χ2v) is 18.0. The van der Waals surface area contributed by atoms with Crippen LogP contribution in [0.4, 0.5) is 23.0 Å². The van der Waals surface area contributed by atoms with Gasteiger partial charge in [-0.25, -0.2) is 4.90 Å². The van der Waals surface area contributed by atoms with Crippen LogP contribution in [0.25, 0.3) is 0 Å². The van der Waals surface area contributed by atoms with E-state index in [4.69, 9.17) is 0 Å². The number of hydrogen-bond acceptors (Lipinski definition) is 2. The Morgan fingerprint density at radius 3 is 1.19 bits per heavy atom. The van der Waals surface area contributed by atoms with Crippen molar-refractivity contribution in [2.24, 2.45) is 0 Å². The van der Waals surface area contributed by atoms with E-state index in [0.717, 1.165) is 27.4 Å². The van der Waals surface area contributed by atoms with Crippen LogP contribution >= 0.6 is 15.8 Å². The van der Waals surface area contributed by atoms with E-state index in [9.17, 15) is 26.9 Å². The molecule has 2 amide bonds. The number of anilines is 1. The predicted molar refractivity (Wildman–Crippen MR) is 173 cm³/mol. The maximum absolute atomic E-state index is 13.9. The first kappa shape index (κ1) is 38.0. The third-order valence-corrected chi connectivity index (χ3v) is 15.1. The molecule has 0 bridgehead atoms. The zero-order valence-electron chi connectivity index (χ0n) is 26.1. The molecule has 2 fully saturated rings. The van der Waals surface area contributed by atoms with E-state index in [1.54, 1.807) is 0 Å². The molecule has 1 aliphatic carbocycles. The average molecular weight is 727 g/mol. The summed E-state index contributed by atoms with van der Waals surface area (Å²) in [4.78, 5) is 29.3. The molecule has 5 rings (SSSR count). The van der Waals surface area contributed by atoms with Gasteiger partial charge in [0, 0.05) is 19.5 Å². The number of carbonyl (C=O) groups excluding carboxylic acids is 2. The number of imide groups is 1. The molecule has 43 heavy (non-hydrogen) atoms. The number of nitrogens with zero attached hydrogens (tertiary/aromatic N) is 1. The molecule has 4 aliphatic rings. The van der Waals surface area contributed by atoms with Gasteiger partial charge >= 0.3 is 7.25 Å². The minimum Gasteiger partial charge on any atom is -0.418 e. The number of allylic oxidation sites excluding steroid dienone is 4. The van der Waals surface area contributed by atoms with Crippen molar-refractivity contribution in [2.75, 3.05) is 4.90 Å². The van der Waals surface area contributed by atoms with Crippen molar-refractivity contribution in [1.29, 1.82) is 0 Å². The number of carbonyl (C=O) groups is 2. The summed E-state index contributed by atoms with van der Waals surface area (Å²) in [6, 6.07) is 6.08. The van der Waals surface area contributed by atoms with Gasteiger partial charge in [-0.1, -0.05) is 73.9 Å². The Balaban J connectivity index is 0.000000384. The van der Waals surface area contributed by atoms with Gasteiger partial charge in [-0.3, -0.25) is 9.59 Å². The van der Waals surface area contributed by atoms with Crippen molar-refractivity contribution < 1.29 is 46.3 Å². The standard InChI is InChI=1S/C24H33NO2P2.C8H12.BF4.Rh/c1-14-11-15(2)13-20(12-14)25-23(26)21(28-16(3)7-8-17(28)4)22(24(25)27)29-18(5)9-10-19(29)6;1-2-4-6-8-7-5-3-1;2-1(3,4)5;/h11-13,16-19H,7-10H2,1-6H3;1-2,7-8H,3-6H2;;/q;;-1;/b;2-1-,8-7-;;/t16-,17-,18-,19-;;;/m1.../s1. The fourth-order valence-electron chi connectivity index (χ4n) is 6.41. The topological polar surface area (TPSA) is 37.4 Å². The summed E-state index contributed by atoms with van der Waals surface area (Å²) in [7, 11) is -7.15. The number of halogens is 4. The largest absolute Gasteiger partial charge is 0.673 e. The van der Waals surface area contributed by atoms with E-state index in [1.807, 2.05) is 26.0 Å². The number of amides is 2. The first-order valence-electron chi connectivity index (χ1n) is 15.2. The SMILES string of the molecule is C1=C\CC/C=C\CC/1.Cc1cc(C)cc(N2C(=O)C(P3[C@H](C)CC[C@H]3C)=C(P3[C@H](C)CC[C@H]3C)C2=O)c1.F[B-](F)(F)F.[Rh]. The van der Waals surface area contributed by atoms with E-state index in [0.29, 0.717) is 22.6 Å². The number of hydrogen-bond donors (Lipinski definition) is 0. The second-order valence-electron chi connectivity index (χ2n) is 11.9. The summed E-state index contributed by atoms with van der Waals surface area (Å²) in [6.45, 7) is 13.3. The number of rotatable bonds is 3. The Morgan fingerprint density at radius 2 is 0.907 bits per heavy atom. The maximum Gasteiger partial charge on any atom is 0.673 e. The van der Waals surface area contributed by atoms with Gasteiger partial charge in [0.25, 0.3) is 11.8 Å². The molecule has 0 spiro atoms. The van der Waals surface area contributed by atoms with E-state index in [2.05, 4.69) is 58.1 Å². The Kier molecular flexibility index (Phi) is 15.0. The Hall–Kier alpha value is -1.15. The quantitative estimate of drug-likeness (QED) is 0.102. The summed E-state index contributed by atoms with van der Waals surface area (Å²) in [5, 5.41) is 1.90. The molecule has 3 heterocycles. The van der Waals surface area contributed by atoms with Gasteiger partial charge in [0.05, 0.1) is 16.3 Å². The number of benzene rings is 1. The van der Waals surface area contributed by atoms with Crippen LogP contribution in [0.15, 0.2) is 53.1 Å². The van der Waals surface area contributed by atoms with Crippen molar-refractivity contribution in [3.05, 3.63) is 64.3 Å². The molecule has 1 radical (unpaired) electrons. The average Bonchev–Trinajstić information content (AvgIpc) is 3.43. The van der Waals surface area contributed by atoms with Gasteiger partial charge in [0.2, 0.25) is 0 Å². The zero-order valence-corrected chi connectivity index (χ0v) is 29.5. The van der Waals surface area contributed by atoms with Crippen molar-refractivity contribution in [2.45, 2.75) is 116 Å². The van der Waals surface area contributed by atoms with Gasteiger partial charge in [-0.05, 0) is 111 Å². The second kappa shape index (κ2) is 17.0. The van der Waals surface area contributed by atoms with Crippen molar-refractivity contribution in [3.63, 3.8) is 0 Å². The fourth-order valence-corrected chi connectivity index (χ4v) is 13.6. The summed E-state index contributed by atoms with van der Waals surface area (Å²) < 4.78 is 39.0. The number of aryl methyl sites for hydroxylation is 2. The fraction of sp³-hybridized carbons (Fsp3) is 0.562. The maximum atomic E-state index is 13.9. The first-order chi connectivity index (χ1) is 19.7. The molecule has 1 aromatic rings. The van der Waals surface area contributed by atoms with Gasteiger partial charge in [0.1, 0.15) is 0 Å². The third kappa shape index (κ3) is 10.4. The van der Waals surface area contributed by atoms with Crippen LogP contribution in [-0.2, 0) is 29.1 Å². The molecule has 3 nitrogen and oxygen atoms in total. The van der Waals surface area contributed by atoms with Gasteiger partial charge in [0.15, 0.2) is 0 Å². The summed E-state index contributed by atoms with van der Waals surface area (Å²) in [5.74, 6) is -0.00831. The van der Waals surface area contributed by atoms with Gasteiger partial charge < -0.3 is 17.3 Å². The van der Waals surface area contributed by atoms with Crippen LogP contribution < -0.4 is 4.90 Å². The van der Waals surface area contributed by atoms with Crippen LogP contribution in [0, 0.1) is 13.8 Å². The molecule has 0 unspecified atom stereocenters. The molecule has 0 saturated carbocycles. The molecule has 0 aromatic heterocycles. The van der Waals surface area contributed by atoms with E-state index >= 15 is 0 Å². The molecule has 4 atom stereocenters. The molecule has 241 valence electrons. The van der Waals surface area contributed by atoms with Crippen LogP contribution in [0.2, 0.25) is 0 Å². The molecule has 1 aromatic carbocycles. The van der Waals surface area contributed by atoms with E-state index in [-0.39, 0.29) is 31.3 Å². The predicted octanol–water partition coefficient (Wildman–Crippen LogP) is 10.5. The Labute approximate surface area is 270 Å². The van der Waals surface area contributed by atoms with Crippen LogP contribution in [0.1, 0.15) is 90.2 Å². The molecular formula is C32H45BF4NO2P2Rh-. The van der Waals surface area contributed by atoms with Crippen LogP contribution in [0.3, 0.4) is 0 Å². The summed E-state index contributed by atoms with van der Waals surface area (Å²) in [6.07, 6.45) is 18.7. The minimum atomic E-state index is -6.00. The van der Waals surface area contributed by atoms with Crippen molar-refractivity contribution in [3.8, 4) is 0 Å².